The molecule has 2 heterocycles. The van der Waals surface area contributed by atoms with Crippen molar-refractivity contribution in [2.24, 2.45) is 7.05 Å². The van der Waals surface area contributed by atoms with Crippen LogP contribution in [0.25, 0.3) is 0 Å². The maximum absolute atomic E-state index is 5.86. The Bertz CT molecular complexity index is 730. The van der Waals surface area contributed by atoms with E-state index in [0.29, 0.717) is 12.2 Å². The minimum Gasteiger partial charge on any atom is -0.373 e. The smallest absolute Gasteiger partial charge is 0.0678 e. The first kappa shape index (κ1) is 19.1. The normalized spacial score (nSPS) is 21.3. The van der Waals surface area contributed by atoms with Crippen LogP contribution in [0.15, 0.2) is 24.3 Å². The van der Waals surface area contributed by atoms with Crippen molar-refractivity contribution in [1.82, 2.24) is 20.0 Å². The van der Waals surface area contributed by atoms with Gasteiger partial charge in [-0.2, -0.15) is 5.10 Å². The van der Waals surface area contributed by atoms with Gasteiger partial charge in [0, 0.05) is 51.0 Å². The average molecular weight is 357 g/mol. The quantitative estimate of drug-likeness (QED) is 0.864. The summed E-state index contributed by atoms with van der Waals surface area (Å²) in [7, 11) is 2.01. The van der Waals surface area contributed by atoms with Crippen LogP contribution < -0.4 is 5.32 Å². The fourth-order valence-corrected chi connectivity index (χ4v) is 3.93. The molecule has 3 rings (SSSR count). The largest absolute Gasteiger partial charge is 0.373 e. The molecule has 142 valence electrons. The molecule has 5 heteroatoms. The first-order chi connectivity index (χ1) is 12.4. The zero-order valence-electron chi connectivity index (χ0n) is 16.7. The van der Waals surface area contributed by atoms with Crippen molar-refractivity contribution < 1.29 is 4.74 Å². The molecule has 1 fully saturated rings. The van der Waals surface area contributed by atoms with E-state index in [0.717, 1.165) is 38.4 Å². The van der Waals surface area contributed by atoms with Crippen LogP contribution in [-0.4, -0.2) is 40.0 Å². The van der Waals surface area contributed by atoms with Crippen LogP contribution in [0.5, 0.6) is 0 Å². The number of aryl methyl sites for hydroxylation is 2. The van der Waals surface area contributed by atoms with Crippen LogP contribution in [0, 0.1) is 13.8 Å². The van der Waals surface area contributed by atoms with Gasteiger partial charge in [-0.1, -0.05) is 24.3 Å². The molecule has 0 radical (unpaired) electrons. The predicted molar refractivity (Wildman–Crippen MR) is 105 cm³/mol. The summed E-state index contributed by atoms with van der Waals surface area (Å²) < 4.78 is 7.82. The number of ether oxygens (including phenoxy) is 1. The maximum atomic E-state index is 5.86. The van der Waals surface area contributed by atoms with Gasteiger partial charge in [-0.15, -0.1) is 0 Å². The van der Waals surface area contributed by atoms with Gasteiger partial charge in [0.25, 0.3) is 0 Å². The van der Waals surface area contributed by atoms with Crippen molar-refractivity contribution in [1.29, 1.82) is 0 Å². The summed E-state index contributed by atoms with van der Waals surface area (Å²) in [5.41, 5.74) is 6.43. The lowest BCUT2D eigenvalue weighted by Crippen LogP contribution is -2.45. The second-order valence-corrected chi connectivity index (χ2v) is 7.60. The summed E-state index contributed by atoms with van der Waals surface area (Å²) >= 11 is 0. The van der Waals surface area contributed by atoms with Crippen LogP contribution in [0.1, 0.15) is 41.9 Å². The number of hydrogen-bond acceptors (Lipinski definition) is 4. The highest BCUT2D eigenvalue weighted by molar-refractivity contribution is 5.28. The molecule has 2 aromatic rings. The maximum Gasteiger partial charge on any atom is 0.0678 e. The van der Waals surface area contributed by atoms with Gasteiger partial charge in [0.2, 0.25) is 0 Å². The van der Waals surface area contributed by atoms with Gasteiger partial charge in [-0.3, -0.25) is 9.58 Å². The molecule has 1 aliphatic heterocycles. The van der Waals surface area contributed by atoms with E-state index < -0.39 is 0 Å². The fraction of sp³-hybridized carbons (Fsp3) is 0.571. The van der Waals surface area contributed by atoms with E-state index in [-0.39, 0.29) is 0 Å². The number of morpholine rings is 1. The number of nitrogens with one attached hydrogen (secondary N) is 1. The van der Waals surface area contributed by atoms with Crippen LogP contribution in [0.2, 0.25) is 0 Å². The topological polar surface area (TPSA) is 42.3 Å². The first-order valence-electron chi connectivity index (χ1n) is 9.58. The molecule has 0 aliphatic carbocycles. The summed E-state index contributed by atoms with van der Waals surface area (Å²) in [6.45, 7) is 13.2. The molecular weight excluding hydrogens is 324 g/mol. The van der Waals surface area contributed by atoms with Gasteiger partial charge < -0.3 is 10.1 Å². The molecule has 2 atom stereocenters. The molecule has 0 amide bonds. The van der Waals surface area contributed by atoms with E-state index in [2.05, 4.69) is 67.3 Å². The van der Waals surface area contributed by atoms with E-state index in [1.807, 2.05) is 11.7 Å². The Balaban J connectivity index is 1.62. The van der Waals surface area contributed by atoms with Crippen LogP contribution in [0.3, 0.4) is 0 Å². The Labute approximate surface area is 157 Å². The van der Waals surface area contributed by atoms with Crippen molar-refractivity contribution in [3.8, 4) is 0 Å². The zero-order valence-corrected chi connectivity index (χ0v) is 16.7. The van der Waals surface area contributed by atoms with Gasteiger partial charge in [0.05, 0.1) is 17.9 Å². The van der Waals surface area contributed by atoms with E-state index >= 15 is 0 Å². The van der Waals surface area contributed by atoms with Crippen molar-refractivity contribution in [2.75, 3.05) is 13.1 Å². The second kappa shape index (κ2) is 8.33. The zero-order chi connectivity index (χ0) is 18.7. The lowest BCUT2D eigenvalue weighted by atomic mass is 10.1. The summed E-state index contributed by atoms with van der Waals surface area (Å²) in [4.78, 5) is 2.51. The van der Waals surface area contributed by atoms with Crippen molar-refractivity contribution in [2.45, 2.75) is 59.5 Å². The van der Waals surface area contributed by atoms with Crippen molar-refractivity contribution in [3.63, 3.8) is 0 Å². The van der Waals surface area contributed by atoms with E-state index in [1.54, 1.807) is 0 Å². The number of nitrogens with zero attached hydrogens (tertiary/aromatic N) is 3. The summed E-state index contributed by atoms with van der Waals surface area (Å²) in [5.74, 6) is 0. The molecule has 0 saturated carbocycles. The van der Waals surface area contributed by atoms with Crippen LogP contribution >= 0.6 is 0 Å². The second-order valence-electron chi connectivity index (χ2n) is 7.60. The first-order valence-corrected chi connectivity index (χ1v) is 9.58. The van der Waals surface area contributed by atoms with Gasteiger partial charge >= 0.3 is 0 Å². The van der Waals surface area contributed by atoms with Crippen LogP contribution in [0.4, 0.5) is 0 Å². The highest BCUT2D eigenvalue weighted by Crippen LogP contribution is 2.17. The molecule has 0 spiro atoms. The lowest BCUT2D eigenvalue weighted by molar-refractivity contribution is -0.0705. The van der Waals surface area contributed by atoms with Gasteiger partial charge in [-0.25, -0.2) is 0 Å². The Kier molecular flexibility index (Phi) is 6.12. The molecule has 1 aromatic heterocycles. The van der Waals surface area contributed by atoms with E-state index in [1.165, 1.54) is 22.4 Å². The predicted octanol–water partition coefficient (Wildman–Crippen LogP) is 2.94. The SMILES string of the molecule is Cc1nn(C)c(C)c1CNCc1ccccc1CN1C[C@@H](C)O[C@@H](C)C1. The Morgan fingerprint density at radius 2 is 1.73 bits per heavy atom. The highest BCUT2D eigenvalue weighted by Gasteiger charge is 2.22. The third-order valence-electron chi connectivity index (χ3n) is 5.28. The number of aromatic nitrogens is 2. The number of rotatable bonds is 6. The van der Waals surface area contributed by atoms with Gasteiger partial charge in [0.1, 0.15) is 0 Å². The molecule has 1 aromatic carbocycles. The molecule has 5 nitrogen and oxygen atoms in total. The Morgan fingerprint density at radius 1 is 1.08 bits per heavy atom. The molecule has 0 bridgehead atoms. The highest BCUT2D eigenvalue weighted by atomic mass is 16.5. The Morgan fingerprint density at radius 3 is 2.35 bits per heavy atom. The Hall–Kier alpha value is -1.69. The monoisotopic (exact) mass is 356 g/mol. The molecule has 1 saturated heterocycles. The minimum absolute atomic E-state index is 0.306. The number of benzene rings is 1. The molecular formula is C21H32N4O. The van der Waals surface area contributed by atoms with Crippen molar-refractivity contribution in [3.05, 3.63) is 52.3 Å². The molecule has 1 N–H and O–H groups in total. The molecule has 0 unspecified atom stereocenters. The lowest BCUT2D eigenvalue weighted by Gasteiger charge is -2.35. The van der Waals surface area contributed by atoms with Crippen LogP contribution in [-0.2, 0) is 31.4 Å². The number of hydrogen-bond donors (Lipinski definition) is 1. The summed E-state index contributed by atoms with van der Waals surface area (Å²) in [6, 6.07) is 8.76. The van der Waals surface area contributed by atoms with Gasteiger partial charge in [-0.05, 0) is 38.8 Å². The fourth-order valence-electron chi connectivity index (χ4n) is 3.93. The van der Waals surface area contributed by atoms with Crippen molar-refractivity contribution >= 4 is 0 Å². The molecule has 26 heavy (non-hydrogen) atoms. The third kappa shape index (κ3) is 4.53. The summed E-state index contributed by atoms with van der Waals surface area (Å²) in [5, 5.41) is 8.12. The van der Waals surface area contributed by atoms with Gasteiger partial charge in [0.15, 0.2) is 0 Å². The third-order valence-corrected chi connectivity index (χ3v) is 5.28. The standard InChI is InChI=1S/C21H32N4O/c1-15-12-25(13-16(2)26-15)14-20-9-7-6-8-19(20)10-22-11-21-17(3)23-24(5)18(21)4/h6-9,15-16,22H,10-14H2,1-5H3/t15-,16+. The van der Waals surface area contributed by atoms with E-state index in [9.17, 15) is 0 Å². The summed E-state index contributed by atoms with van der Waals surface area (Å²) in [6.07, 6.45) is 0.612. The molecule has 1 aliphatic rings. The minimum atomic E-state index is 0.306. The average Bonchev–Trinajstić information content (AvgIpc) is 2.81. The van der Waals surface area contributed by atoms with E-state index in [4.69, 9.17) is 4.74 Å².